The molecule has 0 aromatic rings. The first-order chi connectivity index (χ1) is 39.0. The number of hydrogen-bond donors (Lipinski definition) is 0. The normalized spacial score (nSPS) is 12.8. The molecule has 1 atom stereocenters. The molecule has 0 saturated heterocycles. The molecule has 0 fully saturated rings. The molecule has 0 aliphatic rings. The van der Waals surface area contributed by atoms with Crippen LogP contribution in [-0.4, -0.2) is 37.2 Å². The minimum atomic E-state index is -0.804. The van der Waals surface area contributed by atoms with Crippen LogP contribution in [0.1, 0.15) is 316 Å². The Kier molecular flexibility index (Phi) is 63.3. The van der Waals surface area contributed by atoms with Crippen molar-refractivity contribution in [2.75, 3.05) is 13.2 Å². The first-order valence-corrected chi connectivity index (χ1v) is 33.4. The van der Waals surface area contributed by atoms with Crippen molar-refractivity contribution in [1.29, 1.82) is 0 Å². The molecule has 452 valence electrons. The van der Waals surface area contributed by atoms with E-state index in [-0.39, 0.29) is 37.5 Å². The molecule has 0 rings (SSSR count). The van der Waals surface area contributed by atoms with Crippen molar-refractivity contribution < 1.29 is 28.6 Å². The minimum Gasteiger partial charge on any atom is -0.462 e. The van der Waals surface area contributed by atoms with Crippen LogP contribution in [-0.2, 0) is 28.6 Å². The molecule has 1 unspecified atom stereocenters. The molecule has 0 spiro atoms. The van der Waals surface area contributed by atoms with E-state index in [1.165, 1.54) is 141 Å². The summed E-state index contributed by atoms with van der Waals surface area (Å²) in [5, 5.41) is 0. The van der Waals surface area contributed by atoms with Crippen molar-refractivity contribution in [3.63, 3.8) is 0 Å². The Morgan fingerprint density at radius 3 is 0.835 bits per heavy atom. The topological polar surface area (TPSA) is 78.9 Å². The third-order valence-corrected chi connectivity index (χ3v) is 14.2. The van der Waals surface area contributed by atoms with E-state index in [9.17, 15) is 14.4 Å². The van der Waals surface area contributed by atoms with E-state index in [0.717, 1.165) is 135 Å². The van der Waals surface area contributed by atoms with Crippen molar-refractivity contribution in [3.8, 4) is 0 Å². The van der Waals surface area contributed by atoms with Gasteiger partial charge in [0.25, 0.3) is 0 Å². The summed E-state index contributed by atoms with van der Waals surface area (Å²) in [6, 6.07) is 0. The van der Waals surface area contributed by atoms with Gasteiger partial charge in [0.2, 0.25) is 0 Å². The summed E-state index contributed by atoms with van der Waals surface area (Å²) < 4.78 is 16.9. The Balaban J connectivity index is 4.29. The highest BCUT2D eigenvalue weighted by Crippen LogP contribution is 2.16. The van der Waals surface area contributed by atoms with Gasteiger partial charge in [-0.3, -0.25) is 14.4 Å². The maximum absolute atomic E-state index is 12.9. The van der Waals surface area contributed by atoms with Crippen LogP contribution in [0.2, 0.25) is 0 Å². The van der Waals surface area contributed by atoms with Crippen LogP contribution in [0.25, 0.3) is 0 Å². The molecular weight excluding hydrogens is 973 g/mol. The number of carbonyl (C=O) groups excluding carboxylic acids is 3. The van der Waals surface area contributed by atoms with E-state index < -0.39 is 6.10 Å². The van der Waals surface area contributed by atoms with Crippen molar-refractivity contribution >= 4 is 17.9 Å². The molecule has 6 nitrogen and oxygen atoms in total. The van der Waals surface area contributed by atoms with Gasteiger partial charge in [-0.15, -0.1) is 0 Å². The second-order valence-corrected chi connectivity index (χ2v) is 22.0. The van der Waals surface area contributed by atoms with E-state index in [2.05, 4.69) is 130 Å². The smallest absolute Gasteiger partial charge is 0.306 e. The Hall–Kier alpha value is -3.93. The molecule has 0 heterocycles. The second kappa shape index (κ2) is 66.6. The summed E-state index contributed by atoms with van der Waals surface area (Å²) in [4.78, 5) is 38.3. The third kappa shape index (κ3) is 64.8. The quantitative estimate of drug-likeness (QED) is 0.0261. The first kappa shape index (κ1) is 75.1. The van der Waals surface area contributed by atoms with Crippen LogP contribution in [0.15, 0.2) is 109 Å². The highest BCUT2D eigenvalue weighted by molar-refractivity contribution is 5.71. The molecule has 0 aromatic heterocycles. The summed E-state index contributed by atoms with van der Waals surface area (Å²) >= 11 is 0. The maximum Gasteiger partial charge on any atom is 0.306 e. The van der Waals surface area contributed by atoms with E-state index in [1.807, 2.05) is 0 Å². The molecule has 0 bridgehead atoms. The van der Waals surface area contributed by atoms with Gasteiger partial charge < -0.3 is 14.2 Å². The van der Waals surface area contributed by atoms with Gasteiger partial charge in [-0.2, -0.15) is 0 Å². The molecule has 0 N–H and O–H groups in total. The van der Waals surface area contributed by atoms with Crippen LogP contribution >= 0.6 is 0 Å². The number of unbranched alkanes of at least 4 members (excludes halogenated alkanes) is 31. The van der Waals surface area contributed by atoms with Crippen LogP contribution < -0.4 is 0 Å². The Morgan fingerprint density at radius 2 is 0.519 bits per heavy atom. The van der Waals surface area contributed by atoms with Crippen molar-refractivity contribution in [1.82, 2.24) is 0 Å². The lowest BCUT2D eigenvalue weighted by atomic mass is 10.0. The third-order valence-electron chi connectivity index (χ3n) is 14.2. The molecule has 0 aliphatic heterocycles. The van der Waals surface area contributed by atoms with E-state index in [1.54, 1.807) is 0 Å². The summed E-state index contributed by atoms with van der Waals surface area (Å²) in [6.45, 7) is 6.44. The highest BCUT2D eigenvalue weighted by Gasteiger charge is 2.19. The largest absolute Gasteiger partial charge is 0.462 e. The van der Waals surface area contributed by atoms with Gasteiger partial charge in [-0.05, 0) is 122 Å². The first-order valence-electron chi connectivity index (χ1n) is 33.4. The van der Waals surface area contributed by atoms with Crippen molar-refractivity contribution in [3.05, 3.63) is 109 Å². The van der Waals surface area contributed by atoms with Gasteiger partial charge in [0.15, 0.2) is 6.10 Å². The lowest BCUT2D eigenvalue weighted by molar-refractivity contribution is -0.167. The molecular formula is C73H124O6. The van der Waals surface area contributed by atoms with Gasteiger partial charge in [0.05, 0.1) is 0 Å². The standard InChI is InChI=1S/C73H124O6/c1-4-7-10-13-16-19-22-25-27-29-31-32-33-34-35-36-37-38-39-40-42-43-45-48-51-54-57-60-63-66-72(75)78-69-70(68-77-71(74)65-62-59-56-53-50-47-24-21-18-15-12-9-6-3)79-73(76)67-64-61-58-55-52-49-46-44-41-30-28-26-23-20-17-14-11-8-5-2/h8,11-12,15,17,20-22,24-26,28-29,31,41,44,49,52,70H,4-7,9-10,13-14,16,18-19,23,27,30,32-40,42-43,45-48,50-51,53-69H2,1-3H3/b11-8-,15-12-,20-17-,24-21-,25-22-,28-26-,31-29-,44-41-,52-49-. The Bertz CT molecular complexity index is 1590. The zero-order valence-electron chi connectivity index (χ0n) is 51.9. The highest BCUT2D eigenvalue weighted by atomic mass is 16.6. The predicted molar refractivity (Wildman–Crippen MR) is 343 cm³/mol. The number of esters is 3. The van der Waals surface area contributed by atoms with Crippen LogP contribution in [0.4, 0.5) is 0 Å². The summed E-state index contributed by atoms with van der Waals surface area (Å²) in [5.74, 6) is -0.935. The van der Waals surface area contributed by atoms with Gasteiger partial charge in [0.1, 0.15) is 13.2 Å². The van der Waals surface area contributed by atoms with Gasteiger partial charge >= 0.3 is 17.9 Å². The number of allylic oxidation sites excluding steroid dienone is 18. The molecule has 0 radical (unpaired) electrons. The van der Waals surface area contributed by atoms with Crippen LogP contribution in [0.5, 0.6) is 0 Å². The molecule has 79 heavy (non-hydrogen) atoms. The monoisotopic (exact) mass is 1100 g/mol. The predicted octanol–water partition coefficient (Wildman–Crippen LogP) is 23.0. The Labute approximate surface area is 489 Å². The molecule has 0 amide bonds. The zero-order chi connectivity index (χ0) is 57.1. The van der Waals surface area contributed by atoms with E-state index in [4.69, 9.17) is 14.2 Å². The summed E-state index contributed by atoms with van der Waals surface area (Å²) in [6.07, 6.45) is 91.1. The van der Waals surface area contributed by atoms with Crippen LogP contribution in [0.3, 0.4) is 0 Å². The number of ether oxygens (including phenoxy) is 3. The Morgan fingerprint density at radius 1 is 0.266 bits per heavy atom. The maximum atomic E-state index is 12.9. The van der Waals surface area contributed by atoms with Gasteiger partial charge in [0, 0.05) is 19.3 Å². The fourth-order valence-corrected chi connectivity index (χ4v) is 9.24. The lowest BCUT2D eigenvalue weighted by Crippen LogP contribution is -2.30. The number of rotatable bonds is 60. The zero-order valence-corrected chi connectivity index (χ0v) is 51.9. The van der Waals surface area contributed by atoms with Crippen molar-refractivity contribution in [2.24, 2.45) is 0 Å². The second-order valence-electron chi connectivity index (χ2n) is 22.0. The number of carbonyl (C=O) groups is 3. The number of hydrogen-bond acceptors (Lipinski definition) is 6. The average Bonchev–Trinajstić information content (AvgIpc) is 3.45. The van der Waals surface area contributed by atoms with E-state index in [0.29, 0.717) is 12.8 Å². The summed E-state index contributed by atoms with van der Waals surface area (Å²) in [7, 11) is 0. The fraction of sp³-hybridized carbons (Fsp3) is 0.712. The van der Waals surface area contributed by atoms with E-state index >= 15 is 0 Å². The molecule has 6 heteroatoms. The molecule has 0 saturated carbocycles. The lowest BCUT2D eigenvalue weighted by Gasteiger charge is -2.18. The van der Waals surface area contributed by atoms with Gasteiger partial charge in [-0.25, -0.2) is 0 Å². The minimum absolute atomic E-state index is 0.0955. The molecule has 0 aromatic carbocycles. The SMILES string of the molecule is CC/C=C\C/C=C\C/C=C\C/C=C\C/C=C\CCCCCC(=O)OC(COC(=O)CCCCCCC/C=C\C/C=C\CCC)COC(=O)CCCCCCCCCCCCCCCCCCC/C=C\C/C=C\CCCCCCC. The fourth-order valence-electron chi connectivity index (χ4n) is 9.24. The van der Waals surface area contributed by atoms with Crippen LogP contribution in [0, 0.1) is 0 Å². The van der Waals surface area contributed by atoms with Crippen molar-refractivity contribution in [2.45, 2.75) is 322 Å². The average molecular weight is 1100 g/mol. The van der Waals surface area contributed by atoms with Gasteiger partial charge in [-0.1, -0.05) is 284 Å². The molecule has 0 aliphatic carbocycles. The summed E-state index contributed by atoms with van der Waals surface area (Å²) in [5.41, 5.74) is 0.